The zero-order valence-corrected chi connectivity index (χ0v) is 10.8. The highest BCUT2D eigenvalue weighted by Crippen LogP contribution is 2.29. The molecular formula is C12H12ClN3O2. The van der Waals surface area contributed by atoms with Crippen molar-refractivity contribution in [1.29, 1.82) is 0 Å². The maximum Gasteiger partial charge on any atom is 0.350 e. The van der Waals surface area contributed by atoms with E-state index in [1.807, 2.05) is 12.1 Å². The zero-order valence-electron chi connectivity index (χ0n) is 10.1. The van der Waals surface area contributed by atoms with Crippen molar-refractivity contribution >= 4 is 17.4 Å². The summed E-state index contributed by atoms with van der Waals surface area (Å²) in [5.74, 6) is 1.04. The zero-order chi connectivity index (χ0) is 13.3. The second-order valence-electron chi connectivity index (χ2n) is 3.98. The summed E-state index contributed by atoms with van der Waals surface area (Å²) in [6.07, 6.45) is 0. The van der Waals surface area contributed by atoms with Crippen molar-refractivity contribution in [3.8, 4) is 11.3 Å². The third kappa shape index (κ3) is 2.09. The third-order valence-corrected chi connectivity index (χ3v) is 3.15. The minimum atomic E-state index is -0.412. The topological polar surface area (TPSA) is 61.0 Å². The van der Waals surface area contributed by atoms with E-state index in [4.69, 9.17) is 11.6 Å². The number of aromatic nitrogens is 2. The molecule has 0 atom stereocenters. The fourth-order valence-electron chi connectivity index (χ4n) is 1.75. The largest absolute Gasteiger partial charge is 0.358 e. The van der Waals surface area contributed by atoms with Crippen LogP contribution in [0.5, 0.6) is 0 Å². The molecule has 0 spiro atoms. The van der Waals surface area contributed by atoms with E-state index in [-0.39, 0.29) is 5.82 Å². The Hall–Kier alpha value is -1.88. The van der Waals surface area contributed by atoms with Crippen LogP contribution in [0.25, 0.3) is 11.3 Å². The van der Waals surface area contributed by atoms with Gasteiger partial charge in [0.25, 0.3) is 0 Å². The molecular weight excluding hydrogens is 254 g/mol. The van der Waals surface area contributed by atoms with Gasteiger partial charge >= 0.3 is 5.82 Å². The molecule has 1 aromatic heterocycles. The third-order valence-electron chi connectivity index (χ3n) is 2.84. The minimum absolute atomic E-state index is 0.00567. The molecule has 0 amide bonds. The van der Waals surface area contributed by atoms with E-state index in [2.05, 4.69) is 4.98 Å². The number of halogens is 1. The number of hydrogen-bond acceptors (Lipinski definition) is 3. The molecule has 0 saturated carbocycles. The van der Waals surface area contributed by atoms with Gasteiger partial charge in [-0.15, -0.1) is 11.6 Å². The van der Waals surface area contributed by atoms with Gasteiger partial charge in [-0.3, -0.25) is 0 Å². The summed E-state index contributed by atoms with van der Waals surface area (Å²) in [7, 11) is 1.64. The molecule has 1 aromatic carbocycles. The number of imidazole rings is 1. The summed E-state index contributed by atoms with van der Waals surface area (Å²) in [6, 6.07) is 7.28. The first-order chi connectivity index (χ1) is 8.54. The lowest BCUT2D eigenvalue weighted by Crippen LogP contribution is -1.99. The van der Waals surface area contributed by atoms with Crippen molar-refractivity contribution in [3.05, 3.63) is 45.8 Å². The molecule has 94 valence electrons. The molecule has 18 heavy (non-hydrogen) atoms. The van der Waals surface area contributed by atoms with Crippen LogP contribution in [0, 0.1) is 17.0 Å². The molecule has 0 fully saturated rings. The van der Waals surface area contributed by atoms with Gasteiger partial charge in [-0.25, -0.2) is 9.55 Å². The van der Waals surface area contributed by atoms with Gasteiger partial charge in [0.1, 0.15) is 0 Å². The predicted molar refractivity (Wildman–Crippen MR) is 69.6 cm³/mol. The molecule has 0 radical (unpaired) electrons. The highest BCUT2D eigenvalue weighted by atomic mass is 35.5. The number of nitro groups is 1. The van der Waals surface area contributed by atoms with E-state index in [9.17, 15) is 10.1 Å². The van der Waals surface area contributed by atoms with Gasteiger partial charge in [-0.2, -0.15) is 0 Å². The summed E-state index contributed by atoms with van der Waals surface area (Å²) >= 11 is 5.71. The normalized spacial score (nSPS) is 10.6. The first kappa shape index (κ1) is 12.6. The summed E-state index contributed by atoms with van der Waals surface area (Å²) in [4.78, 5) is 14.9. The van der Waals surface area contributed by atoms with Crippen LogP contribution in [0.4, 0.5) is 5.82 Å². The quantitative estimate of drug-likeness (QED) is 0.487. The highest BCUT2D eigenvalue weighted by molar-refractivity contribution is 6.17. The molecule has 0 aliphatic carbocycles. The average Bonchev–Trinajstić information content (AvgIpc) is 2.66. The molecule has 1 heterocycles. The number of hydrogen-bond donors (Lipinski definition) is 0. The number of aryl methyl sites for hydroxylation is 1. The number of alkyl halides is 1. The second kappa shape index (κ2) is 4.78. The lowest BCUT2D eigenvalue weighted by Gasteiger charge is -2.00. The molecule has 6 heteroatoms. The minimum Gasteiger partial charge on any atom is -0.358 e. The van der Waals surface area contributed by atoms with Crippen molar-refractivity contribution < 1.29 is 4.92 Å². The van der Waals surface area contributed by atoms with Crippen LogP contribution < -0.4 is 0 Å². The Morgan fingerprint density at radius 3 is 2.50 bits per heavy atom. The van der Waals surface area contributed by atoms with E-state index in [0.29, 0.717) is 17.4 Å². The Bertz CT molecular complexity index is 590. The number of nitrogens with zero attached hydrogens (tertiary/aromatic N) is 3. The molecule has 0 aliphatic rings. The summed E-state index contributed by atoms with van der Waals surface area (Å²) in [5.41, 5.74) is 2.08. The number of benzene rings is 1. The average molecular weight is 266 g/mol. The van der Waals surface area contributed by atoms with Crippen LogP contribution in [-0.4, -0.2) is 14.5 Å². The Balaban J connectivity index is 2.56. The lowest BCUT2D eigenvalue weighted by atomic mass is 10.1. The van der Waals surface area contributed by atoms with E-state index in [0.717, 1.165) is 11.1 Å². The van der Waals surface area contributed by atoms with Crippen molar-refractivity contribution in [2.45, 2.75) is 12.8 Å². The van der Waals surface area contributed by atoms with Crippen molar-refractivity contribution in [2.24, 2.45) is 7.05 Å². The predicted octanol–water partition coefficient (Wildman–Crippen LogP) is 3.04. The summed E-state index contributed by atoms with van der Waals surface area (Å²) < 4.78 is 1.48. The smallest absolute Gasteiger partial charge is 0.350 e. The van der Waals surface area contributed by atoms with Crippen LogP contribution in [0.15, 0.2) is 24.3 Å². The van der Waals surface area contributed by atoms with Gasteiger partial charge in [-0.1, -0.05) is 24.3 Å². The molecule has 2 aromatic rings. The van der Waals surface area contributed by atoms with Gasteiger partial charge in [0.05, 0.1) is 7.05 Å². The van der Waals surface area contributed by atoms with Crippen molar-refractivity contribution in [1.82, 2.24) is 9.55 Å². The number of rotatable bonds is 3. The van der Waals surface area contributed by atoms with Crippen LogP contribution >= 0.6 is 11.6 Å². The monoisotopic (exact) mass is 265 g/mol. The van der Waals surface area contributed by atoms with Crippen molar-refractivity contribution in [3.63, 3.8) is 0 Å². The van der Waals surface area contributed by atoms with Crippen LogP contribution in [0.3, 0.4) is 0 Å². The van der Waals surface area contributed by atoms with E-state index in [1.54, 1.807) is 26.1 Å². The van der Waals surface area contributed by atoms with Crippen LogP contribution in [0.2, 0.25) is 0 Å². The maximum absolute atomic E-state index is 11.1. The maximum atomic E-state index is 11.1. The standard InChI is InChI=1S/C12H12ClN3O2/c1-8-14-11(12(15(8)2)16(17)18)10-5-3-9(7-13)4-6-10/h3-6H,7H2,1-2H3. The van der Waals surface area contributed by atoms with E-state index in [1.165, 1.54) is 4.57 Å². The summed E-state index contributed by atoms with van der Waals surface area (Å²) in [5, 5.41) is 11.1. The molecule has 5 nitrogen and oxygen atoms in total. The summed E-state index contributed by atoms with van der Waals surface area (Å²) in [6.45, 7) is 1.74. The fraction of sp³-hybridized carbons (Fsp3) is 0.250. The molecule has 0 unspecified atom stereocenters. The highest BCUT2D eigenvalue weighted by Gasteiger charge is 2.23. The van der Waals surface area contributed by atoms with E-state index < -0.39 is 4.92 Å². The van der Waals surface area contributed by atoms with Crippen LogP contribution in [0.1, 0.15) is 11.4 Å². The first-order valence-electron chi connectivity index (χ1n) is 5.37. The van der Waals surface area contributed by atoms with Crippen molar-refractivity contribution in [2.75, 3.05) is 0 Å². The Morgan fingerprint density at radius 2 is 2.00 bits per heavy atom. The second-order valence-corrected chi connectivity index (χ2v) is 4.25. The molecule has 0 aliphatic heterocycles. The van der Waals surface area contributed by atoms with Crippen LogP contribution in [-0.2, 0) is 12.9 Å². The molecule has 0 N–H and O–H groups in total. The molecule has 0 saturated heterocycles. The Morgan fingerprint density at radius 1 is 1.39 bits per heavy atom. The Kier molecular flexibility index (Phi) is 3.34. The van der Waals surface area contributed by atoms with Gasteiger partial charge in [-0.05, 0) is 10.5 Å². The molecule has 0 bridgehead atoms. The SMILES string of the molecule is Cc1nc(-c2ccc(CCl)cc2)c([N+](=O)[O-])n1C. The molecule has 2 rings (SSSR count). The lowest BCUT2D eigenvalue weighted by molar-refractivity contribution is -0.391. The van der Waals surface area contributed by atoms with Gasteiger partial charge < -0.3 is 10.1 Å². The Labute approximate surface area is 109 Å². The van der Waals surface area contributed by atoms with Gasteiger partial charge in [0.15, 0.2) is 11.5 Å². The fourth-order valence-corrected chi connectivity index (χ4v) is 1.93. The van der Waals surface area contributed by atoms with E-state index >= 15 is 0 Å². The van der Waals surface area contributed by atoms with Gasteiger partial charge in [0.2, 0.25) is 0 Å². The van der Waals surface area contributed by atoms with Gasteiger partial charge in [0, 0.05) is 18.4 Å². The first-order valence-corrected chi connectivity index (χ1v) is 5.91.